The molecule has 8 heteroatoms. The molecule has 2 aromatic carbocycles. The van der Waals surface area contributed by atoms with Gasteiger partial charge in [-0.25, -0.2) is 5.48 Å². The van der Waals surface area contributed by atoms with Crippen LogP contribution in [0.5, 0.6) is 0 Å². The van der Waals surface area contributed by atoms with Gasteiger partial charge in [-0.3, -0.25) is 20.1 Å². The molecule has 0 spiro atoms. The van der Waals surface area contributed by atoms with E-state index in [-0.39, 0.29) is 5.69 Å². The quantitative estimate of drug-likeness (QED) is 0.339. The lowest BCUT2D eigenvalue weighted by Crippen LogP contribution is -2.18. The molecule has 108 valence electrons. The van der Waals surface area contributed by atoms with Crippen LogP contribution in [0.3, 0.4) is 0 Å². The van der Waals surface area contributed by atoms with Crippen LogP contribution in [0.15, 0.2) is 53.4 Å². The van der Waals surface area contributed by atoms with Crippen LogP contribution in [-0.2, 0) is 0 Å². The highest BCUT2D eigenvalue weighted by Gasteiger charge is 2.05. The lowest BCUT2D eigenvalue weighted by atomic mass is 10.2. The Morgan fingerprint density at radius 3 is 2.24 bits per heavy atom. The Hall–Kier alpha value is -2.58. The third-order valence-corrected chi connectivity index (χ3v) is 3.43. The molecule has 0 radical (unpaired) electrons. The molecule has 0 aromatic heterocycles. The van der Waals surface area contributed by atoms with Crippen LogP contribution < -0.4 is 10.2 Å². The molecule has 0 fully saturated rings. The van der Waals surface area contributed by atoms with Gasteiger partial charge in [-0.05, 0) is 48.3 Å². The van der Waals surface area contributed by atoms with E-state index in [0.717, 1.165) is 10.6 Å². The number of nitro benzene ring substituents is 1. The largest absolute Gasteiger partial charge is 0.326 e. The summed E-state index contributed by atoms with van der Waals surface area (Å²) >= 11 is 1.29. The Morgan fingerprint density at radius 2 is 1.71 bits per heavy atom. The summed E-state index contributed by atoms with van der Waals surface area (Å²) in [6, 6.07) is 12.6. The van der Waals surface area contributed by atoms with Crippen molar-refractivity contribution in [3.63, 3.8) is 0 Å². The number of nitrogens with one attached hydrogen (secondary N) is 2. The number of hydroxylamine groups is 1. The fraction of sp³-hybridized carbons (Fsp3) is 0. The van der Waals surface area contributed by atoms with Crippen molar-refractivity contribution in [2.45, 2.75) is 4.90 Å². The van der Waals surface area contributed by atoms with E-state index in [9.17, 15) is 14.9 Å². The number of carbonyl (C=O) groups is 1. The molecule has 0 saturated heterocycles. The van der Waals surface area contributed by atoms with Crippen molar-refractivity contribution in [1.29, 1.82) is 0 Å². The van der Waals surface area contributed by atoms with E-state index in [0.29, 0.717) is 5.56 Å². The van der Waals surface area contributed by atoms with E-state index in [1.807, 2.05) is 0 Å². The second kappa shape index (κ2) is 6.73. The fourth-order valence-corrected chi connectivity index (χ4v) is 2.15. The molecule has 3 N–H and O–H groups in total. The molecular weight excluding hydrogens is 294 g/mol. The van der Waals surface area contributed by atoms with Crippen LogP contribution in [0.1, 0.15) is 10.4 Å². The Morgan fingerprint density at radius 1 is 1.10 bits per heavy atom. The molecule has 2 aromatic rings. The maximum absolute atomic E-state index is 11.1. The van der Waals surface area contributed by atoms with Gasteiger partial charge in [0.2, 0.25) is 0 Å². The van der Waals surface area contributed by atoms with Crippen molar-refractivity contribution in [2.75, 3.05) is 4.72 Å². The zero-order valence-corrected chi connectivity index (χ0v) is 11.5. The summed E-state index contributed by atoms with van der Waals surface area (Å²) in [5.41, 5.74) is 2.69. The standard InChI is InChI=1S/C13H11N3O4S/c17-13(14-18)9-1-3-10(4-2-9)15-21-12-7-5-11(6-8-12)16(19)20/h1-8,15,18H,(H,14,17). The van der Waals surface area contributed by atoms with Crippen LogP contribution in [0.4, 0.5) is 11.4 Å². The molecule has 0 heterocycles. The highest BCUT2D eigenvalue weighted by molar-refractivity contribution is 8.00. The van der Waals surface area contributed by atoms with Gasteiger partial charge in [0.25, 0.3) is 11.6 Å². The number of rotatable bonds is 5. The number of non-ortho nitro benzene ring substituents is 1. The second-order valence-electron chi connectivity index (χ2n) is 3.97. The smallest absolute Gasteiger partial charge is 0.274 e. The molecule has 0 saturated carbocycles. The first-order chi connectivity index (χ1) is 10.1. The minimum atomic E-state index is -0.579. The van der Waals surface area contributed by atoms with Gasteiger partial charge in [0.15, 0.2) is 0 Å². The maximum atomic E-state index is 11.1. The van der Waals surface area contributed by atoms with Gasteiger partial charge < -0.3 is 4.72 Å². The highest BCUT2D eigenvalue weighted by Crippen LogP contribution is 2.23. The van der Waals surface area contributed by atoms with Crippen LogP contribution in [0.25, 0.3) is 0 Å². The molecule has 0 atom stereocenters. The third kappa shape index (κ3) is 3.94. The maximum Gasteiger partial charge on any atom is 0.274 e. The van der Waals surface area contributed by atoms with Gasteiger partial charge in [-0.1, -0.05) is 0 Å². The topological polar surface area (TPSA) is 104 Å². The molecule has 1 amide bonds. The molecular formula is C13H11N3O4S. The number of benzene rings is 2. The molecule has 2 rings (SSSR count). The Balaban J connectivity index is 1.96. The first kappa shape index (κ1) is 14.8. The minimum absolute atomic E-state index is 0.0405. The molecule has 0 unspecified atom stereocenters. The summed E-state index contributed by atoms with van der Waals surface area (Å²) in [6.45, 7) is 0. The lowest BCUT2D eigenvalue weighted by Gasteiger charge is -2.06. The number of nitrogens with zero attached hydrogens (tertiary/aromatic N) is 1. The van der Waals surface area contributed by atoms with E-state index in [4.69, 9.17) is 5.21 Å². The predicted molar refractivity (Wildman–Crippen MR) is 78.3 cm³/mol. The van der Waals surface area contributed by atoms with Crippen molar-refractivity contribution in [1.82, 2.24) is 5.48 Å². The zero-order valence-electron chi connectivity index (χ0n) is 10.6. The summed E-state index contributed by atoms with van der Waals surface area (Å²) in [7, 11) is 0. The number of carbonyl (C=O) groups excluding carboxylic acids is 1. The number of amides is 1. The van der Waals surface area contributed by atoms with Gasteiger partial charge in [0.05, 0.1) is 4.92 Å². The van der Waals surface area contributed by atoms with Gasteiger partial charge >= 0.3 is 0 Å². The molecule has 0 aliphatic rings. The van der Waals surface area contributed by atoms with Crippen LogP contribution >= 0.6 is 11.9 Å². The van der Waals surface area contributed by atoms with Crippen LogP contribution in [-0.4, -0.2) is 16.0 Å². The van der Waals surface area contributed by atoms with Crippen molar-refractivity contribution in [3.05, 3.63) is 64.2 Å². The molecule has 0 bridgehead atoms. The minimum Gasteiger partial charge on any atom is -0.326 e. The number of nitro groups is 1. The van der Waals surface area contributed by atoms with Crippen molar-refractivity contribution in [2.24, 2.45) is 0 Å². The summed E-state index contributed by atoms with van der Waals surface area (Å²) < 4.78 is 3.05. The first-order valence-electron chi connectivity index (χ1n) is 5.82. The summed E-state index contributed by atoms with van der Waals surface area (Å²) in [5.74, 6) is -0.579. The van der Waals surface area contributed by atoms with E-state index in [1.54, 1.807) is 41.9 Å². The molecule has 7 nitrogen and oxygen atoms in total. The fourth-order valence-electron chi connectivity index (χ4n) is 1.51. The summed E-state index contributed by atoms with van der Waals surface area (Å²) in [4.78, 5) is 22.1. The monoisotopic (exact) mass is 305 g/mol. The summed E-state index contributed by atoms with van der Waals surface area (Å²) in [6.07, 6.45) is 0. The Kier molecular flexibility index (Phi) is 4.75. The average molecular weight is 305 g/mol. The van der Waals surface area contributed by atoms with E-state index >= 15 is 0 Å². The number of hydrogen-bond donors (Lipinski definition) is 3. The van der Waals surface area contributed by atoms with Crippen molar-refractivity contribution < 1.29 is 14.9 Å². The third-order valence-electron chi connectivity index (χ3n) is 2.58. The van der Waals surface area contributed by atoms with E-state index in [2.05, 4.69) is 4.72 Å². The van der Waals surface area contributed by atoms with Gasteiger partial charge in [-0.2, -0.15) is 0 Å². The van der Waals surface area contributed by atoms with Crippen molar-refractivity contribution >= 4 is 29.2 Å². The summed E-state index contributed by atoms with van der Waals surface area (Å²) in [5, 5.41) is 19.0. The normalized spacial score (nSPS) is 9.95. The lowest BCUT2D eigenvalue weighted by molar-refractivity contribution is -0.384. The van der Waals surface area contributed by atoms with E-state index < -0.39 is 10.8 Å². The first-order valence-corrected chi connectivity index (χ1v) is 6.63. The Labute approximate surface area is 124 Å². The molecule has 0 aliphatic carbocycles. The van der Waals surface area contributed by atoms with Crippen LogP contribution in [0.2, 0.25) is 0 Å². The Bertz CT molecular complexity index is 643. The van der Waals surface area contributed by atoms with Gasteiger partial charge in [-0.15, -0.1) is 0 Å². The van der Waals surface area contributed by atoms with Crippen LogP contribution in [0, 0.1) is 10.1 Å². The number of anilines is 1. The van der Waals surface area contributed by atoms with Crippen molar-refractivity contribution in [3.8, 4) is 0 Å². The van der Waals surface area contributed by atoms with Gasteiger partial charge in [0, 0.05) is 28.3 Å². The highest BCUT2D eigenvalue weighted by atomic mass is 32.2. The zero-order chi connectivity index (χ0) is 15.2. The SMILES string of the molecule is O=C(NO)c1ccc(NSc2ccc([N+](=O)[O-])cc2)cc1. The molecule has 0 aliphatic heterocycles. The number of hydrogen-bond acceptors (Lipinski definition) is 6. The van der Waals surface area contributed by atoms with Gasteiger partial charge in [0.1, 0.15) is 0 Å². The second-order valence-corrected chi connectivity index (χ2v) is 4.85. The van der Waals surface area contributed by atoms with E-state index in [1.165, 1.54) is 24.1 Å². The molecule has 21 heavy (non-hydrogen) atoms. The predicted octanol–water partition coefficient (Wildman–Crippen LogP) is 2.83. The average Bonchev–Trinajstić information content (AvgIpc) is 2.53.